The van der Waals surface area contributed by atoms with Crippen molar-refractivity contribution in [3.63, 3.8) is 0 Å². The molecule has 104 valence electrons. The van der Waals surface area contributed by atoms with Crippen LogP contribution in [-0.2, 0) is 25.4 Å². The highest BCUT2D eigenvalue weighted by Crippen LogP contribution is 2.31. The number of ether oxygens (including phenoxy) is 3. The molecule has 0 aromatic carbocycles. The fourth-order valence-corrected chi connectivity index (χ4v) is 2.21. The molecule has 0 unspecified atom stereocenters. The predicted octanol–water partition coefficient (Wildman–Crippen LogP) is 1.93. The van der Waals surface area contributed by atoms with Crippen LogP contribution in [-0.4, -0.2) is 35.8 Å². The Kier molecular flexibility index (Phi) is 4.93. The van der Waals surface area contributed by atoms with Gasteiger partial charge in [-0.05, 0) is 18.5 Å². The Bertz CT molecular complexity index is 478. The van der Waals surface area contributed by atoms with Crippen LogP contribution in [0.25, 0.3) is 0 Å². The highest BCUT2D eigenvalue weighted by atomic mass is 35.5. The van der Waals surface area contributed by atoms with Gasteiger partial charge in [0.05, 0.1) is 37.5 Å². The zero-order valence-electron chi connectivity index (χ0n) is 10.2. The Hall–Kier alpha value is -0.950. The van der Waals surface area contributed by atoms with Gasteiger partial charge in [-0.1, -0.05) is 11.6 Å². The smallest absolute Gasteiger partial charge is 0.311 e. The van der Waals surface area contributed by atoms with Crippen LogP contribution in [0.2, 0.25) is 10.4 Å². The molecule has 8 heteroatoms. The van der Waals surface area contributed by atoms with Gasteiger partial charge in [-0.3, -0.25) is 4.79 Å². The van der Waals surface area contributed by atoms with Crippen molar-refractivity contribution in [2.45, 2.75) is 19.6 Å². The summed E-state index contributed by atoms with van der Waals surface area (Å²) in [6, 6.07) is 0. The van der Waals surface area contributed by atoms with Crippen LogP contribution in [0.1, 0.15) is 24.5 Å². The minimum atomic E-state index is -0.672. The second-order valence-electron chi connectivity index (χ2n) is 3.70. The van der Waals surface area contributed by atoms with Crippen molar-refractivity contribution in [3.8, 4) is 0 Å². The van der Waals surface area contributed by atoms with Crippen molar-refractivity contribution in [3.05, 3.63) is 21.7 Å². The van der Waals surface area contributed by atoms with Gasteiger partial charge in [-0.2, -0.15) is 0 Å². The third-order valence-electron chi connectivity index (χ3n) is 2.43. The minimum Gasteiger partial charge on any atom is -0.466 e. The maximum absolute atomic E-state index is 11.6. The average Bonchev–Trinajstić information content (AvgIpc) is 2.81. The molecular formula is C11H12Cl2N2O4. The molecule has 1 aliphatic heterocycles. The van der Waals surface area contributed by atoms with E-state index in [2.05, 4.69) is 9.97 Å². The van der Waals surface area contributed by atoms with Crippen LogP contribution < -0.4 is 0 Å². The second kappa shape index (κ2) is 6.47. The first kappa shape index (κ1) is 14.5. The van der Waals surface area contributed by atoms with Gasteiger partial charge in [0.25, 0.3) is 0 Å². The summed E-state index contributed by atoms with van der Waals surface area (Å²) in [6.45, 7) is 2.91. The van der Waals surface area contributed by atoms with Gasteiger partial charge in [-0.15, -0.1) is 0 Å². The van der Waals surface area contributed by atoms with Crippen molar-refractivity contribution < 1.29 is 19.0 Å². The lowest BCUT2D eigenvalue weighted by Crippen LogP contribution is -2.14. The third-order valence-corrected chi connectivity index (χ3v) is 2.88. The Labute approximate surface area is 120 Å². The molecule has 1 saturated heterocycles. The molecule has 0 saturated carbocycles. The minimum absolute atomic E-state index is 0.0361. The Morgan fingerprint density at radius 3 is 2.68 bits per heavy atom. The summed E-state index contributed by atoms with van der Waals surface area (Å²) in [5, 5.41) is 0.0808. The van der Waals surface area contributed by atoms with E-state index in [4.69, 9.17) is 37.4 Å². The summed E-state index contributed by atoms with van der Waals surface area (Å²) >= 11 is 11.8. The highest BCUT2D eigenvalue weighted by molar-refractivity contribution is 6.32. The number of carbonyl (C=O) groups excluding carboxylic acids is 1. The molecule has 6 nitrogen and oxygen atoms in total. The van der Waals surface area contributed by atoms with Crippen molar-refractivity contribution in [2.24, 2.45) is 0 Å². The third kappa shape index (κ3) is 3.54. The number of aromatic nitrogens is 2. The van der Waals surface area contributed by atoms with Gasteiger partial charge in [0.2, 0.25) is 5.28 Å². The molecule has 2 rings (SSSR count). The second-order valence-corrected chi connectivity index (χ2v) is 4.40. The van der Waals surface area contributed by atoms with E-state index in [-0.39, 0.29) is 23.5 Å². The number of nitrogens with zero attached hydrogens (tertiary/aromatic N) is 2. The monoisotopic (exact) mass is 306 g/mol. The number of rotatable bonds is 4. The fraction of sp³-hybridized carbons (Fsp3) is 0.545. The van der Waals surface area contributed by atoms with E-state index in [1.807, 2.05) is 0 Å². The molecule has 19 heavy (non-hydrogen) atoms. The van der Waals surface area contributed by atoms with Gasteiger partial charge in [0.1, 0.15) is 5.15 Å². The summed E-state index contributed by atoms with van der Waals surface area (Å²) in [6.07, 6.45) is -0.733. The van der Waals surface area contributed by atoms with Crippen LogP contribution >= 0.6 is 23.2 Å². The number of carbonyl (C=O) groups is 1. The van der Waals surface area contributed by atoms with Gasteiger partial charge >= 0.3 is 5.97 Å². The summed E-state index contributed by atoms with van der Waals surface area (Å²) < 4.78 is 15.6. The van der Waals surface area contributed by atoms with Crippen molar-refractivity contribution in [1.29, 1.82) is 0 Å². The topological polar surface area (TPSA) is 70.5 Å². The summed E-state index contributed by atoms with van der Waals surface area (Å²) in [5.41, 5.74) is 0.784. The van der Waals surface area contributed by atoms with E-state index in [9.17, 15) is 4.79 Å². The van der Waals surface area contributed by atoms with Crippen LogP contribution in [0.15, 0.2) is 0 Å². The largest absolute Gasteiger partial charge is 0.466 e. The molecule has 1 aromatic rings. The fourth-order valence-electron chi connectivity index (χ4n) is 1.70. The molecule has 0 N–H and O–H groups in total. The standard InChI is InChI=1S/C11H12Cl2N2O4/c1-2-17-7(16)5-6-8(10-18-3-4-19-10)9(12)15-11(13)14-6/h10H,2-5H2,1H3. The molecule has 1 fully saturated rings. The molecule has 1 aromatic heterocycles. The van der Waals surface area contributed by atoms with E-state index in [0.29, 0.717) is 24.5 Å². The Balaban J connectivity index is 2.31. The van der Waals surface area contributed by atoms with Gasteiger partial charge in [0, 0.05) is 0 Å². The van der Waals surface area contributed by atoms with Gasteiger partial charge in [-0.25, -0.2) is 9.97 Å². The van der Waals surface area contributed by atoms with Crippen LogP contribution in [0.4, 0.5) is 0 Å². The lowest BCUT2D eigenvalue weighted by atomic mass is 10.1. The molecule has 1 aliphatic rings. The number of hydrogen-bond donors (Lipinski definition) is 0. The van der Waals surface area contributed by atoms with E-state index >= 15 is 0 Å². The first-order valence-electron chi connectivity index (χ1n) is 5.72. The van der Waals surface area contributed by atoms with Gasteiger partial charge < -0.3 is 14.2 Å². The zero-order valence-corrected chi connectivity index (χ0v) is 11.7. The van der Waals surface area contributed by atoms with Gasteiger partial charge in [0.15, 0.2) is 6.29 Å². The summed E-state index contributed by atoms with van der Waals surface area (Å²) in [7, 11) is 0. The lowest BCUT2D eigenvalue weighted by Gasteiger charge is -2.14. The molecule has 2 heterocycles. The average molecular weight is 307 g/mol. The summed E-state index contributed by atoms with van der Waals surface area (Å²) in [5.74, 6) is -0.424. The normalized spacial score (nSPS) is 15.7. The van der Waals surface area contributed by atoms with E-state index in [1.165, 1.54) is 0 Å². The van der Waals surface area contributed by atoms with Crippen LogP contribution in [0.5, 0.6) is 0 Å². The molecular weight excluding hydrogens is 295 g/mol. The van der Waals surface area contributed by atoms with Crippen LogP contribution in [0, 0.1) is 0 Å². The molecule has 0 aliphatic carbocycles. The molecule has 0 bridgehead atoms. The maximum Gasteiger partial charge on any atom is 0.311 e. The van der Waals surface area contributed by atoms with Crippen molar-refractivity contribution in [1.82, 2.24) is 9.97 Å². The zero-order chi connectivity index (χ0) is 13.8. The molecule has 0 radical (unpaired) electrons. The summed E-state index contributed by atoms with van der Waals surface area (Å²) in [4.78, 5) is 19.4. The van der Waals surface area contributed by atoms with E-state index in [1.54, 1.807) is 6.92 Å². The molecule has 0 atom stereocenters. The number of hydrogen-bond acceptors (Lipinski definition) is 6. The quantitative estimate of drug-likeness (QED) is 0.481. The number of halogens is 2. The van der Waals surface area contributed by atoms with Crippen molar-refractivity contribution >= 4 is 29.2 Å². The first-order valence-corrected chi connectivity index (χ1v) is 6.48. The number of esters is 1. The molecule has 0 amide bonds. The van der Waals surface area contributed by atoms with Crippen molar-refractivity contribution in [2.75, 3.05) is 19.8 Å². The Morgan fingerprint density at radius 1 is 1.37 bits per heavy atom. The van der Waals surface area contributed by atoms with E-state index in [0.717, 1.165) is 0 Å². The first-order chi connectivity index (χ1) is 9.11. The van der Waals surface area contributed by atoms with Crippen LogP contribution in [0.3, 0.4) is 0 Å². The Morgan fingerprint density at radius 2 is 2.05 bits per heavy atom. The maximum atomic E-state index is 11.6. The highest BCUT2D eigenvalue weighted by Gasteiger charge is 2.27. The van der Waals surface area contributed by atoms with E-state index < -0.39 is 12.3 Å². The molecule has 0 spiro atoms. The SMILES string of the molecule is CCOC(=O)Cc1nc(Cl)nc(Cl)c1C1OCCO1. The lowest BCUT2D eigenvalue weighted by molar-refractivity contribution is -0.142. The predicted molar refractivity (Wildman–Crippen MR) is 67.0 cm³/mol.